The van der Waals surface area contributed by atoms with Gasteiger partial charge in [-0.3, -0.25) is 14.2 Å². The van der Waals surface area contributed by atoms with Gasteiger partial charge >= 0.3 is 5.97 Å². The number of rotatable bonds is 6. The third kappa shape index (κ3) is 3.96. The molecule has 1 aliphatic rings. The number of carbonyl (C=O) groups is 1. The van der Waals surface area contributed by atoms with Crippen LogP contribution in [0.2, 0.25) is 0 Å². The predicted molar refractivity (Wildman–Crippen MR) is 128 cm³/mol. The molecule has 1 atom stereocenters. The summed E-state index contributed by atoms with van der Waals surface area (Å²) in [6.45, 7) is 5.15. The molecule has 0 spiro atoms. The van der Waals surface area contributed by atoms with Crippen molar-refractivity contribution in [1.29, 1.82) is 0 Å². The zero-order valence-electron chi connectivity index (χ0n) is 18.6. The maximum Gasteiger partial charge on any atom is 0.316 e. The monoisotopic (exact) mass is 484 g/mol. The molecule has 0 N–H and O–H groups in total. The standard InChI is InChI=1S/C23H24N4O4S2/c1-13(2)16-9-15-17(11-31-16)33-21-19(15)20(29)26(10-14-7-5-4-6-8-14)22-24-25-23(27(21)22)32-12-18(28)30-3/h4-8,13,16H,9-12H2,1-3H3/t16-/m0/s1. The number of hydrogen-bond donors (Lipinski definition) is 0. The van der Waals surface area contributed by atoms with Gasteiger partial charge in [0, 0.05) is 11.3 Å². The number of thioether (sulfide) groups is 1. The highest BCUT2D eigenvalue weighted by Crippen LogP contribution is 2.37. The Morgan fingerprint density at radius 1 is 1.30 bits per heavy atom. The maximum absolute atomic E-state index is 13.8. The maximum atomic E-state index is 13.8. The number of benzene rings is 1. The van der Waals surface area contributed by atoms with E-state index in [2.05, 4.69) is 24.0 Å². The summed E-state index contributed by atoms with van der Waals surface area (Å²) >= 11 is 2.80. The van der Waals surface area contributed by atoms with Gasteiger partial charge in [0.05, 0.1) is 37.5 Å². The van der Waals surface area contributed by atoms with Gasteiger partial charge in [-0.25, -0.2) is 4.40 Å². The number of fused-ring (bicyclic) bond motifs is 5. The van der Waals surface area contributed by atoms with Crippen LogP contribution in [0.1, 0.15) is 29.9 Å². The summed E-state index contributed by atoms with van der Waals surface area (Å²) in [5.74, 6) is 0.581. The van der Waals surface area contributed by atoms with Crippen molar-refractivity contribution in [3.63, 3.8) is 0 Å². The molecular formula is C23H24N4O4S2. The van der Waals surface area contributed by atoms with Gasteiger partial charge in [0.2, 0.25) is 5.78 Å². The first-order chi connectivity index (χ1) is 16.0. The molecule has 5 rings (SSSR count). The van der Waals surface area contributed by atoms with E-state index >= 15 is 0 Å². The van der Waals surface area contributed by atoms with Crippen molar-refractivity contribution in [2.45, 2.75) is 44.7 Å². The number of esters is 1. The molecule has 1 aromatic carbocycles. The predicted octanol–water partition coefficient (Wildman–Crippen LogP) is 3.52. The zero-order valence-corrected chi connectivity index (χ0v) is 20.2. The first kappa shape index (κ1) is 22.1. The fourth-order valence-electron chi connectivity index (χ4n) is 4.10. The third-order valence-electron chi connectivity index (χ3n) is 5.90. The molecule has 0 amide bonds. The molecule has 0 fully saturated rings. The minimum Gasteiger partial charge on any atom is -0.468 e. The Bertz CT molecular complexity index is 1390. The van der Waals surface area contributed by atoms with Crippen molar-refractivity contribution in [3.8, 4) is 0 Å². The van der Waals surface area contributed by atoms with E-state index in [0.717, 1.165) is 20.8 Å². The minimum absolute atomic E-state index is 0.0693. The number of hydrogen-bond acceptors (Lipinski definition) is 8. The number of aromatic nitrogens is 4. The molecule has 10 heteroatoms. The highest BCUT2D eigenvalue weighted by molar-refractivity contribution is 7.99. The van der Waals surface area contributed by atoms with Gasteiger partial charge in [0.15, 0.2) is 5.16 Å². The van der Waals surface area contributed by atoms with Crippen LogP contribution in [0.3, 0.4) is 0 Å². The molecule has 172 valence electrons. The lowest BCUT2D eigenvalue weighted by Crippen LogP contribution is -2.28. The minimum atomic E-state index is -0.343. The largest absolute Gasteiger partial charge is 0.468 e. The Hall–Kier alpha value is -2.69. The number of carbonyl (C=O) groups excluding carboxylic acids is 1. The van der Waals surface area contributed by atoms with E-state index in [0.29, 0.717) is 41.8 Å². The van der Waals surface area contributed by atoms with Crippen LogP contribution in [0.25, 0.3) is 16.0 Å². The molecule has 0 saturated carbocycles. The van der Waals surface area contributed by atoms with Crippen LogP contribution < -0.4 is 5.56 Å². The van der Waals surface area contributed by atoms with Gasteiger partial charge in [0.1, 0.15) is 4.83 Å². The van der Waals surface area contributed by atoms with E-state index < -0.39 is 0 Å². The van der Waals surface area contributed by atoms with Crippen molar-refractivity contribution in [1.82, 2.24) is 19.2 Å². The molecule has 0 aliphatic carbocycles. The van der Waals surface area contributed by atoms with Crippen molar-refractivity contribution in [2.75, 3.05) is 12.9 Å². The van der Waals surface area contributed by atoms with Gasteiger partial charge in [-0.05, 0) is 17.0 Å². The molecule has 0 saturated heterocycles. The highest BCUT2D eigenvalue weighted by atomic mass is 32.2. The summed E-state index contributed by atoms with van der Waals surface area (Å²) in [4.78, 5) is 27.5. The quantitative estimate of drug-likeness (QED) is 0.306. The van der Waals surface area contributed by atoms with E-state index in [4.69, 9.17) is 9.47 Å². The summed E-state index contributed by atoms with van der Waals surface area (Å²) < 4.78 is 14.4. The second kappa shape index (κ2) is 8.92. The summed E-state index contributed by atoms with van der Waals surface area (Å²) in [6, 6.07) is 9.83. The third-order valence-corrected chi connectivity index (χ3v) is 7.99. The van der Waals surface area contributed by atoms with Crippen molar-refractivity contribution in [3.05, 3.63) is 56.7 Å². The fourth-order valence-corrected chi connectivity index (χ4v) is 6.17. The van der Waals surface area contributed by atoms with Crippen LogP contribution in [0.4, 0.5) is 0 Å². The van der Waals surface area contributed by atoms with Gasteiger partial charge in [-0.15, -0.1) is 21.5 Å². The molecule has 3 aromatic heterocycles. The van der Waals surface area contributed by atoms with Gasteiger partial charge in [0.25, 0.3) is 5.56 Å². The lowest BCUT2D eigenvalue weighted by atomic mass is 9.96. The van der Waals surface area contributed by atoms with E-state index in [1.165, 1.54) is 18.9 Å². The van der Waals surface area contributed by atoms with Crippen LogP contribution in [0.5, 0.6) is 0 Å². The topological polar surface area (TPSA) is 87.7 Å². The lowest BCUT2D eigenvalue weighted by Gasteiger charge is -2.26. The SMILES string of the molecule is COC(=O)CSc1nnc2n(Cc3ccccc3)c(=O)c3c4c(sc3n12)CO[C@H](C(C)C)C4. The normalized spacial score (nSPS) is 15.9. The van der Waals surface area contributed by atoms with Crippen molar-refractivity contribution >= 4 is 45.1 Å². The Morgan fingerprint density at radius 3 is 2.82 bits per heavy atom. The van der Waals surface area contributed by atoms with Crippen molar-refractivity contribution in [2.24, 2.45) is 5.92 Å². The average Bonchev–Trinajstić information content (AvgIpc) is 3.41. The molecule has 0 unspecified atom stereocenters. The number of methoxy groups -OCH3 is 1. The lowest BCUT2D eigenvalue weighted by molar-refractivity contribution is -0.137. The van der Waals surface area contributed by atoms with E-state index in [1.807, 2.05) is 34.7 Å². The zero-order chi connectivity index (χ0) is 23.1. The second-order valence-electron chi connectivity index (χ2n) is 8.34. The molecule has 4 heterocycles. The highest BCUT2D eigenvalue weighted by Gasteiger charge is 2.30. The first-order valence-electron chi connectivity index (χ1n) is 10.7. The Kier molecular flexibility index (Phi) is 5.98. The van der Waals surface area contributed by atoms with E-state index in [-0.39, 0.29) is 23.4 Å². The van der Waals surface area contributed by atoms with Crippen LogP contribution in [0, 0.1) is 5.92 Å². The molecule has 1 aliphatic heterocycles. The second-order valence-corrected chi connectivity index (χ2v) is 10.4. The van der Waals surface area contributed by atoms with Crippen LogP contribution in [-0.2, 0) is 33.8 Å². The van der Waals surface area contributed by atoms with Crippen molar-refractivity contribution < 1.29 is 14.3 Å². The summed E-state index contributed by atoms with van der Waals surface area (Å²) in [7, 11) is 1.36. The first-order valence-corrected chi connectivity index (χ1v) is 12.6. The fraction of sp³-hybridized carbons (Fsp3) is 0.391. The molecular weight excluding hydrogens is 460 g/mol. The van der Waals surface area contributed by atoms with E-state index in [1.54, 1.807) is 15.9 Å². The molecule has 0 bridgehead atoms. The van der Waals surface area contributed by atoms with Gasteiger partial charge in [-0.1, -0.05) is 55.9 Å². The molecule has 8 nitrogen and oxygen atoms in total. The Labute approximate surface area is 198 Å². The van der Waals surface area contributed by atoms with Gasteiger partial charge in [-0.2, -0.15) is 0 Å². The smallest absolute Gasteiger partial charge is 0.316 e. The van der Waals surface area contributed by atoms with Crippen LogP contribution >= 0.6 is 23.1 Å². The summed E-state index contributed by atoms with van der Waals surface area (Å²) in [6.07, 6.45) is 0.772. The number of ether oxygens (including phenoxy) is 2. The van der Waals surface area contributed by atoms with Gasteiger partial charge < -0.3 is 9.47 Å². The molecule has 0 radical (unpaired) electrons. The average molecular weight is 485 g/mol. The molecule has 4 aromatic rings. The van der Waals surface area contributed by atoms with E-state index in [9.17, 15) is 9.59 Å². The Balaban J connectivity index is 1.73. The Morgan fingerprint density at radius 2 is 2.09 bits per heavy atom. The summed E-state index contributed by atoms with van der Waals surface area (Å²) in [5, 5.41) is 9.94. The summed E-state index contributed by atoms with van der Waals surface area (Å²) in [5.41, 5.74) is 1.99. The van der Waals surface area contributed by atoms with Crippen LogP contribution in [0.15, 0.2) is 40.3 Å². The number of nitrogens with zero attached hydrogens (tertiary/aromatic N) is 4. The number of thiophene rings is 1. The van der Waals surface area contributed by atoms with Crippen LogP contribution in [-0.4, -0.2) is 44.1 Å². The molecule has 33 heavy (non-hydrogen) atoms.